The van der Waals surface area contributed by atoms with E-state index in [-0.39, 0.29) is 24.3 Å². The summed E-state index contributed by atoms with van der Waals surface area (Å²) >= 11 is 0. The van der Waals surface area contributed by atoms with Gasteiger partial charge in [-0.1, -0.05) is 38.1 Å². The van der Waals surface area contributed by atoms with E-state index in [1.165, 1.54) is 0 Å². The number of hydrogen-bond donors (Lipinski definition) is 2. The molecule has 0 spiro atoms. The van der Waals surface area contributed by atoms with Crippen LogP contribution < -0.4 is 5.32 Å². The maximum Gasteiger partial charge on any atom is 0.243 e. The van der Waals surface area contributed by atoms with Gasteiger partial charge in [-0.25, -0.2) is 0 Å². The van der Waals surface area contributed by atoms with Gasteiger partial charge in [0.05, 0.1) is 6.54 Å². The first kappa shape index (κ1) is 17.9. The first-order chi connectivity index (χ1) is 11.9. The van der Waals surface area contributed by atoms with Crippen LogP contribution in [0.5, 0.6) is 0 Å². The summed E-state index contributed by atoms with van der Waals surface area (Å²) in [7, 11) is 0. The maximum atomic E-state index is 12.8. The molecule has 5 heteroatoms. The van der Waals surface area contributed by atoms with E-state index in [4.69, 9.17) is 0 Å². The number of carbonyl (C=O) groups is 2. The number of aliphatic hydroxyl groups is 1. The van der Waals surface area contributed by atoms with Crippen molar-refractivity contribution in [2.45, 2.75) is 57.6 Å². The molecule has 1 aliphatic carbocycles. The molecule has 2 aliphatic rings. The smallest absolute Gasteiger partial charge is 0.243 e. The Morgan fingerprint density at radius 1 is 1.28 bits per heavy atom. The van der Waals surface area contributed by atoms with E-state index in [1.807, 2.05) is 38.1 Å². The lowest BCUT2D eigenvalue weighted by Gasteiger charge is -2.36. The first-order valence-electron chi connectivity index (χ1n) is 9.30. The standard InChI is InChI=1S/C20H28N2O3/c1-14(2)18(22-12-6-10-17(22)23)19(24)21-13-20(25)11-5-8-15-7-3-4-9-16(15)20/h3-4,7,9,14,18,25H,5-6,8,10-13H2,1-2H3,(H,21,24)/t18-,20+/m1/s1. The molecule has 0 unspecified atom stereocenters. The Kier molecular flexibility index (Phi) is 5.13. The van der Waals surface area contributed by atoms with Crippen LogP contribution in [-0.2, 0) is 21.6 Å². The average Bonchev–Trinajstić information content (AvgIpc) is 2.99. The third-order valence-electron chi connectivity index (χ3n) is 5.46. The van der Waals surface area contributed by atoms with Crippen LogP contribution in [0.4, 0.5) is 0 Å². The Morgan fingerprint density at radius 3 is 2.72 bits per heavy atom. The molecule has 1 aliphatic heterocycles. The molecule has 1 heterocycles. The number of hydrogen-bond acceptors (Lipinski definition) is 3. The molecule has 136 valence electrons. The molecule has 3 rings (SSSR count). The van der Waals surface area contributed by atoms with Crippen molar-refractivity contribution >= 4 is 11.8 Å². The number of likely N-dealkylation sites (tertiary alicyclic amines) is 1. The predicted molar refractivity (Wildman–Crippen MR) is 95.9 cm³/mol. The fourth-order valence-electron chi connectivity index (χ4n) is 4.19. The van der Waals surface area contributed by atoms with E-state index in [0.29, 0.717) is 19.4 Å². The van der Waals surface area contributed by atoms with Crippen LogP contribution in [0.25, 0.3) is 0 Å². The van der Waals surface area contributed by atoms with E-state index in [0.717, 1.165) is 30.4 Å². The van der Waals surface area contributed by atoms with Crippen molar-refractivity contribution < 1.29 is 14.7 Å². The lowest BCUT2D eigenvalue weighted by Crippen LogP contribution is -2.53. The van der Waals surface area contributed by atoms with Gasteiger partial charge in [0.15, 0.2) is 0 Å². The van der Waals surface area contributed by atoms with Gasteiger partial charge < -0.3 is 15.3 Å². The van der Waals surface area contributed by atoms with Gasteiger partial charge in [-0.15, -0.1) is 0 Å². The monoisotopic (exact) mass is 344 g/mol. The zero-order chi connectivity index (χ0) is 18.0. The Labute approximate surface area is 149 Å². The van der Waals surface area contributed by atoms with Crippen LogP contribution in [0, 0.1) is 5.92 Å². The largest absolute Gasteiger partial charge is 0.383 e. The molecule has 1 fully saturated rings. The third kappa shape index (κ3) is 3.56. The Morgan fingerprint density at radius 2 is 2.04 bits per heavy atom. The van der Waals surface area contributed by atoms with Crippen molar-refractivity contribution in [3.05, 3.63) is 35.4 Å². The average molecular weight is 344 g/mol. The molecular weight excluding hydrogens is 316 g/mol. The topological polar surface area (TPSA) is 69.6 Å². The van der Waals surface area contributed by atoms with E-state index in [9.17, 15) is 14.7 Å². The minimum atomic E-state index is -1.03. The summed E-state index contributed by atoms with van der Waals surface area (Å²) in [4.78, 5) is 26.5. The Balaban J connectivity index is 1.72. The van der Waals surface area contributed by atoms with Crippen LogP contribution in [0.3, 0.4) is 0 Å². The van der Waals surface area contributed by atoms with Crippen molar-refractivity contribution in [1.29, 1.82) is 0 Å². The molecule has 1 aromatic carbocycles. The molecule has 25 heavy (non-hydrogen) atoms. The molecular formula is C20H28N2O3. The summed E-state index contributed by atoms with van der Waals surface area (Å²) in [5.74, 6) is -0.0763. The van der Waals surface area contributed by atoms with Gasteiger partial charge >= 0.3 is 0 Å². The van der Waals surface area contributed by atoms with E-state index in [2.05, 4.69) is 5.32 Å². The number of nitrogens with one attached hydrogen (secondary N) is 1. The normalized spacial score (nSPS) is 24.3. The summed E-state index contributed by atoms with van der Waals surface area (Å²) in [6.45, 7) is 4.75. The molecule has 1 saturated heterocycles. The summed E-state index contributed by atoms with van der Waals surface area (Å²) in [5.41, 5.74) is 1.04. The fraction of sp³-hybridized carbons (Fsp3) is 0.600. The lowest BCUT2D eigenvalue weighted by atomic mass is 9.79. The van der Waals surface area contributed by atoms with Gasteiger partial charge in [0.2, 0.25) is 11.8 Å². The highest BCUT2D eigenvalue weighted by Crippen LogP contribution is 2.34. The molecule has 2 atom stereocenters. The van der Waals surface area contributed by atoms with Gasteiger partial charge in [-0.3, -0.25) is 9.59 Å². The number of nitrogens with zero attached hydrogens (tertiary/aromatic N) is 1. The number of rotatable bonds is 5. The summed E-state index contributed by atoms with van der Waals surface area (Å²) in [6.07, 6.45) is 3.84. The highest BCUT2D eigenvalue weighted by Gasteiger charge is 2.38. The maximum absolute atomic E-state index is 12.8. The fourth-order valence-corrected chi connectivity index (χ4v) is 4.19. The molecule has 0 bridgehead atoms. The Hall–Kier alpha value is -1.88. The molecule has 0 saturated carbocycles. The van der Waals surface area contributed by atoms with Crippen LogP contribution >= 0.6 is 0 Å². The van der Waals surface area contributed by atoms with Gasteiger partial charge in [-0.2, -0.15) is 0 Å². The number of carbonyl (C=O) groups excluding carboxylic acids is 2. The van der Waals surface area contributed by atoms with Crippen molar-refractivity contribution in [1.82, 2.24) is 10.2 Å². The summed E-state index contributed by atoms with van der Waals surface area (Å²) < 4.78 is 0. The number of fused-ring (bicyclic) bond motifs is 1. The molecule has 0 aromatic heterocycles. The van der Waals surface area contributed by atoms with Crippen LogP contribution in [-0.4, -0.2) is 41.0 Å². The first-order valence-corrected chi connectivity index (χ1v) is 9.30. The second-order valence-electron chi connectivity index (χ2n) is 7.64. The number of aryl methyl sites for hydroxylation is 1. The highest BCUT2D eigenvalue weighted by atomic mass is 16.3. The molecule has 2 amide bonds. The molecule has 0 radical (unpaired) electrons. The second kappa shape index (κ2) is 7.16. The number of benzene rings is 1. The zero-order valence-corrected chi connectivity index (χ0v) is 15.1. The van der Waals surface area contributed by atoms with Crippen molar-refractivity contribution in [3.8, 4) is 0 Å². The SMILES string of the molecule is CC(C)[C@H](C(=O)NC[C@@]1(O)CCCc2ccccc21)N1CCCC1=O. The molecule has 5 nitrogen and oxygen atoms in total. The third-order valence-corrected chi connectivity index (χ3v) is 5.46. The predicted octanol–water partition coefficient (Wildman–Crippen LogP) is 1.97. The van der Waals surface area contributed by atoms with Gasteiger partial charge in [0.25, 0.3) is 0 Å². The quantitative estimate of drug-likeness (QED) is 0.858. The Bertz CT molecular complexity index is 658. The van der Waals surface area contributed by atoms with Crippen LogP contribution in [0.2, 0.25) is 0 Å². The minimum absolute atomic E-state index is 0.0373. The second-order valence-corrected chi connectivity index (χ2v) is 7.64. The summed E-state index contributed by atoms with van der Waals surface area (Å²) in [6, 6.07) is 7.44. The number of amides is 2. The minimum Gasteiger partial charge on any atom is -0.383 e. The van der Waals surface area contributed by atoms with Crippen molar-refractivity contribution in [2.24, 2.45) is 5.92 Å². The zero-order valence-electron chi connectivity index (χ0n) is 15.1. The van der Waals surface area contributed by atoms with Gasteiger partial charge in [0.1, 0.15) is 11.6 Å². The van der Waals surface area contributed by atoms with E-state index in [1.54, 1.807) is 4.90 Å². The van der Waals surface area contributed by atoms with Crippen molar-refractivity contribution in [3.63, 3.8) is 0 Å². The van der Waals surface area contributed by atoms with E-state index >= 15 is 0 Å². The highest BCUT2D eigenvalue weighted by molar-refractivity contribution is 5.88. The van der Waals surface area contributed by atoms with Crippen molar-refractivity contribution in [2.75, 3.05) is 13.1 Å². The van der Waals surface area contributed by atoms with Crippen LogP contribution in [0.1, 0.15) is 50.7 Å². The van der Waals surface area contributed by atoms with Gasteiger partial charge in [-0.05, 0) is 42.7 Å². The molecule has 1 aromatic rings. The van der Waals surface area contributed by atoms with Gasteiger partial charge in [0, 0.05) is 13.0 Å². The summed E-state index contributed by atoms with van der Waals surface area (Å²) in [5, 5.41) is 14.0. The lowest BCUT2D eigenvalue weighted by molar-refractivity contribution is -0.139. The van der Waals surface area contributed by atoms with E-state index < -0.39 is 11.6 Å². The molecule has 2 N–H and O–H groups in total. The van der Waals surface area contributed by atoms with Crippen LogP contribution in [0.15, 0.2) is 24.3 Å².